The number of hydrogen-bond acceptors (Lipinski definition) is 2. The van der Waals surface area contributed by atoms with E-state index < -0.39 is 0 Å². The quantitative estimate of drug-likeness (QED) is 0.613. The third-order valence-corrected chi connectivity index (χ3v) is 2.65. The van der Waals surface area contributed by atoms with Crippen LogP contribution >= 0.6 is 0 Å². The van der Waals surface area contributed by atoms with Gasteiger partial charge in [0.1, 0.15) is 0 Å². The molecule has 0 aromatic rings. The Hall–Kier alpha value is -0.0800. The highest BCUT2D eigenvalue weighted by atomic mass is 16.5. The molecule has 86 valence electrons. The van der Waals surface area contributed by atoms with Crippen LogP contribution in [0.3, 0.4) is 0 Å². The predicted molar refractivity (Wildman–Crippen MR) is 60.3 cm³/mol. The molecule has 14 heavy (non-hydrogen) atoms. The number of ether oxygens (including phenoxy) is 1. The maximum Gasteiger partial charge on any atom is 0.0469 e. The second-order valence-electron chi connectivity index (χ2n) is 4.77. The van der Waals surface area contributed by atoms with Gasteiger partial charge in [0.2, 0.25) is 0 Å². The minimum atomic E-state index is 0.283. The Labute approximate surface area is 88.7 Å². The van der Waals surface area contributed by atoms with Gasteiger partial charge < -0.3 is 9.84 Å². The fourth-order valence-corrected chi connectivity index (χ4v) is 1.29. The van der Waals surface area contributed by atoms with Crippen molar-refractivity contribution in [1.82, 2.24) is 0 Å². The molecule has 0 bridgehead atoms. The van der Waals surface area contributed by atoms with Crippen molar-refractivity contribution in [2.24, 2.45) is 17.8 Å². The predicted octanol–water partition coefficient (Wildman–Crippen LogP) is 2.70. The zero-order valence-electron chi connectivity index (χ0n) is 10.1. The van der Waals surface area contributed by atoms with Crippen molar-refractivity contribution in [3.63, 3.8) is 0 Å². The van der Waals surface area contributed by atoms with Crippen LogP contribution in [0.25, 0.3) is 0 Å². The number of rotatable bonds is 8. The van der Waals surface area contributed by atoms with E-state index >= 15 is 0 Å². The first-order valence-corrected chi connectivity index (χ1v) is 5.76. The summed E-state index contributed by atoms with van der Waals surface area (Å²) in [5.41, 5.74) is 0. The molecule has 2 nitrogen and oxygen atoms in total. The minimum Gasteiger partial charge on any atom is -0.396 e. The average molecular weight is 202 g/mol. The van der Waals surface area contributed by atoms with Crippen molar-refractivity contribution < 1.29 is 9.84 Å². The molecule has 0 aliphatic heterocycles. The van der Waals surface area contributed by atoms with E-state index in [2.05, 4.69) is 27.7 Å². The molecule has 1 N–H and O–H groups in total. The summed E-state index contributed by atoms with van der Waals surface area (Å²) in [6.07, 6.45) is 2.11. The summed E-state index contributed by atoms with van der Waals surface area (Å²) in [4.78, 5) is 0. The minimum absolute atomic E-state index is 0.283. The van der Waals surface area contributed by atoms with Crippen molar-refractivity contribution >= 4 is 0 Å². The monoisotopic (exact) mass is 202 g/mol. The van der Waals surface area contributed by atoms with Gasteiger partial charge in [-0.05, 0) is 30.6 Å². The van der Waals surface area contributed by atoms with E-state index in [4.69, 9.17) is 9.84 Å². The van der Waals surface area contributed by atoms with E-state index in [0.29, 0.717) is 17.8 Å². The van der Waals surface area contributed by atoms with E-state index in [1.807, 2.05) is 0 Å². The summed E-state index contributed by atoms with van der Waals surface area (Å²) in [6.45, 7) is 10.6. The summed E-state index contributed by atoms with van der Waals surface area (Å²) in [5.74, 6) is 1.66. The molecule has 0 fully saturated rings. The van der Waals surface area contributed by atoms with Crippen molar-refractivity contribution in [3.05, 3.63) is 0 Å². The van der Waals surface area contributed by atoms with Crippen LogP contribution in [-0.2, 0) is 4.74 Å². The molecule has 0 spiro atoms. The van der Waals surface area contributed by atoms with Crippen LogP contribution in [0.4, 0.5) is 0 Å². The third kappa shape index (κ3) is 7.34. The molecule has 0 rings (SSSR count). The Bertz CT molecular complexity index is 121. The molecule has 0 aliphatic carbocycles. The van der Waals surface area contributed by atoms with Crippen molar-refractivity contribution in [3.8, 4) is 0 Å². The van der Waals surface area contributed by atoms with Gasteiger partial charge in [0.05, 0.1) is 0 Å². The zero-order valence-corrected chi connectivity index (χ0v) is 10.1. The molecule has 0 saturated heterocycles. The summed E-state index contributed by atoms with van der Waals surface area (Å²) in [6, 6.07) is 0. The van der Waals surface area contributed by atoms with E-state index in [1.54, 1.807) is 0 Å². The highest BCUT2D eigenvalue weighted by Crippen LogP contribution is 2.14. The van der Waals surface area contributed by atoms with Crippen LogP contribution in [0.15, 0.2) is 0 Å². The zero-order chi connectivity index (χ0) is 11.0. The number of hydrogen-bond donors (Lipinski definition) is 1. The van der Waals surface area contributed by atoms with Crippen LogP contribution in [-0.4, -0.2) is 24.9 Å². The molecule has 0 heterocycles. The first kappa shape index (κ1) is 13.9. The second kappa shape index (κ2) is 8.25. The van der Waals surface area contributed by atoms with Gasteiger partial charge in [-0.1, -0.05) is 27.7 Å². The van der Waals surface area contributed by atoms with E-state index in [0.717, 1.165) is 26.1 Å². The topological polar surface area (TPSA) is 29.5 Å². The van der Waals surface area contributed by atoms with Crippen LogP contribution in [0, 0.1) is 17.8 Å². The summed E-state index contributed by atoms with van der Waals surface area (Å²) < 4.78 is 5.52. The van der Waals surface area contributed by atoms with Crippen LogP contribution in [0.5, 0.6) is 0 Å². The van der Waals surface area contributed by atoms with Crippen molar-refractivity contribution in [1.29, 1.82) is 0 Å². The van der Waals surface area contributed by atoms with Crippen molar-refractivity contribution in [2.45, 2.75) is 40.5 Å². The molecule has 0 amide bonds. The Morgan fingerprint density at radius 3 is 2.00 bits per heavy atom. The lowest BCUT2D eigenvalue weighted by atomic mass is 9.94. The SMILES string of the molecule is CC(C)CCOCCC(CO)C(C)C. The van der Waals surface area contributed by atoms with Crippen LogP contribution < -0.4 is 0 Å². The van der Waals surface area contributed by atoms with E-state index in [1.165, 1.54) is 0 Å². The summed E-state index contributed by atoms with van der Waals surface area (Å²) in [5, 5.41) is 9.09. The molecule has 0 saturated carbocycles. The molecule has 0 aliphatic rings. The van der Waals surface area contributed by atoms with Gasteiger partial charge in [-0.3, -0.25) is 0 Å². The molecule has 0 radical (unpaired) electrons. The molecule has 1 atom stereocenters. The maximum atomic E-state index is 9.09. The van der Waals surface area contributed by atoms with Gasteiger partial charge in [0.15, 0.2) is 0 Å². The van der Waals surface area contributed by atoms with E-state index in [9.17, 15) is 0 Å². The lowest BCUT2D eigenvalue weighted by Crippen LogP contribution is -2.16. The maximum absolute atomic E-state index is 9.09. The van der Waals surface area contributed by atoms with Gasteiger partial charge in [-0.15, -0.1) is 0 Å². The molecule has 2 heteroatoms. The Morgan fingerprint density at radius 1 is 1.00 bits per heavy atom. The normalized spacial score (nSPS) is 13.9. The van der Waals surface area contributed by atoms with Gasteiger partial charge in [0, 0.05) is 19.8 Å². The lowest BCUT2D eigenvalue weighted by Gasteiger charge is -2.17. The standard InChI is InChI=1S/C12H26O2/c1-10(2)5-7-14-8-6-12(9-13)11(3)4/h10-13H,5-9H2,1-4H3. The van der Waals surface area contributed by atoms with Crippen molar-refractivity contribution in [2.75, 3.05) is 19.8 Å². The van der Waals surface area contributed by atoms with Gasteiger partial charge >= 0.3 is 0 Å². The highest BCUT2D eigenvalue weighted by molar-refractivity contribution is 4.61. The molecular weight excluding hydrogens is 176 g/mol. The fraction of sp³-hybridized carbons (Fsp3) is 1.00. The third-order valence-electron chi connectivity index (χ3n) is 2.65. The smallest absolute Gasteiger partial charge is 0.0469 e. The Kier molecular flexibility index (Phi) is 8.20. The molecule has 0 aromatic carbocycles. The largest absolute Gasteiger partial charge is 0.396 e. The van der Waals surface area contributed by atoms with Gasteiger partial charge in [0.25, 0.3) is 0 Å². The average Bonchev–Trinajstić information content (AvgIpc) is 2.10. The van der Waals surface area contributed by atoms with E-state index in [-0.39, 0.29) is 6.61 Å². The van der Waals surface area contributed by atoms with Crippen LogP contribution in [0.2, 0.25) is 0 Å². The van der Waals surface area contributed by atoms with Crippen LogP contribution in [0.1, 0.15) is 40.5 Å². The number of aliphatic hydroxyl groups is 1. The molecular formula is C12H26O2. The van der Waals surface area contributed by atoms with Gasteiger partial charge in [-0.25, -0.2) is 0 Å². The summed E-state index contributed by atoms with van der Waals surface area (Å²) in [7, 11) is 0. The fourth-order valence-electron chi connectivity index (χ4n) is 1.29. The first-order valence-electron chi connectivity index (χ1n) is 5.76. The Balaban J connectivity index is 3.33. The highest BCUT2D eigenvalue weighted by Gasteiger charge is 2.11. The van der Waals surface area contributed by atoms with Gasteiger partial charge in [-0.2, -0.15) is 0 Å². The Morgan fingerprint density at radius 2 is 1.57 bits per heavy atom. The molecule has 1 unspecified atom stereocenters. The summed E-state index contributed by atoms with van der Waals surface area (Å²) >= 11 is 0. The second-order valence-corrected chi connectivity index (χ2v) is 4.77. The first-order chi connectivity index (χ1) is 6.57. The number of aliphatic hydroxyl groups excluding tert-OH is 1. The molecule has 0 aromatic heterocycles. The lowest BCUT2D eigenvalue weighted by molar-refractivity contribution is 0.0874.